The first-order valence-electron chi connectivity index (χ1n) is 13.3. The van der Waals surface area contributed by atoms with E-state index in [4.69, 9.17) is 13.9 Å². The molecule has 0 unspecified atom stereocenters. The van der Waals surface area contributed by atoms with Crippen molar-refractivity contribution in [2.45, 2.75) is 130 Å². The lowest BCUT2D eigenvalue weighted by atomic mass is 9.48. The highest BCUT2D eigenvalue weighted by molar-refractivity contribution is 6.74. The molecule has 1 saturated carbocycles. The summed E-state index contributed by atoms with van der Waals surface area (Å²) in [6, 6.07) is 0. The van der Waals surface area contributed by atoms with Gasteiger partial charge in [-0.3, -0.25) is 0 Å². The second kappa shape index (κ2) is 9.13. The summed E-state index contributed by atoms with van der Waals surface area (Å²) in [7, 11) is -1.74. The predicted molar refractivity (Wildman–Crippen MR) is 137 cm³/mol. The minimum absolute atomic E-state index is 0.201. The number of ether oxygens (including phenoxy) is 2. The van der Waals surface area contributed by atoms with Crippen molar-refractivity contribution in [1.29, 1.82) is 0 Å². The SMILES string of the molecule is CC(C)C(C)(C)[Si](C)(C)OCCCC1=CCC[C@@H]2[C@@]3(C)CCOC(C)(C)O[C@@H]3CC[C@@]12C. The molecular weight excluding hydrogens is 412 g/mol. The second-order valence-corrected chi connectivity index (χ2v) is 17.9. The van der Waals surface area contributed by atoms with Crippen LogP contribution in [0.15, 0.2) is 11.6 Å². The zero-order valence-corrected chi connectivity index (χ0v) is 23.9. The van der Waals surface area contributed by atoms with Crippen molar-refractivity contribution < 1.29 is 13.9 Å². The molecule has 2 fully saturated rings. The summed E-state index contributed by atoms with van der Waals surface area (Å²) in [5.41, 5.74) is 2.20. The number of rotatable bonds is 7. The molecule has 3 rings (SSSR count). The van der Waals surface area contributed by atoms with Crippen LogP contribution in [0.4, 0.5) is 0 Å². The molecule has 0 bridgehead atoms. The molecule has 3 aliphatic rings. The minimum Gasteiger partial charge on any atom is -0.417 e. The van der Waals surface area contributed by atoms with E-state index in [1.165, 1.54) is 25.7 Å². The summed E-state index contributed by atoms with van der Waals surface area (Å²) >= 11 is 0. The van der Waals surface area contributed by atoms with Crippen LogP contribution in [-0.4, -0.2) is 33.4 Å². The quantitative estimate of drug-likeness (QED) is 0.216. The lowest BCUT2D eigenvalue weighted by Gasteiger charge is -2.58. The van der Waals surface area contributed by atoms with E-state index >= 15 is 0 Å². The zero-order chi connectivity index (χ0) is 24.0. The van der Waals surface area contributed by atoms with Crippen LogP contribution in [0.2, 0.25) is 18.1 Å². The van der Waals surface area contributed by atoms with E-state index < -0.39 is 14.1 Å². The Morgan fingerprint density at radius 2 is 1.81 bits per heavy atom. The predicted octanol–water partition coefficient (Wildman–Crippen LogP) is 8.11. The summed E-state index contributed by atoms with van der Waals surface area (Å²) < 4.78 is 19.3. The van der Waals surface area contributed by atoms with Crippen LogP contribution in [0.1, 0.15) is 100 Å². The third-order valence-electron chi connectivity index (χ3n) is 10.4. The van der Waals surface area contributed by atoms with E-state index in [9.17, 15) is 0 Å². The van der Waals surface area contributed by atoms with Crippen LogP contribution in [0, 0.1) is 22.7 Å². The molecule has 0 N–H and O–H groups in total. The first-order chi connectivity index (χ1) is 14.7. The Morgan fingerprint density at radius 1 is 1.12 bits per heavy atom. The van der Waals surface area contributed by atoms with Gasteiger partial charge >= 0.3 is 0 Å². The second-order valence-electron chi connectivity index (χ2n) is 13.3. The molecule has 3 nitrogen and oxygen atoms in total. The topological polar surface area (TPSA) is 27.7 Å². The molecule has 0 aromatic carbocycles. The van der Waals surface area contributed by atoms with Gasteiger partial charge in [-0.05, 0) is 99.6 Å². The van der Waals surface area contributed by atoms with E-state index in [-0.39, 0.29) is 10.5 Å². The molecule has 0 aromatic heterocycles. The molecular formula is C28H52O3Si. The van der Waals surface area contributed by atoms with Gasteiger partial charge in [0.15, 0.2) is 14.1 Å². The highest BCUT2D eigenvalue weighted by Crippen LogP contribution is 2.62. The van der Waals surface area contributed by atoms with Crippen LogP contribution in [0.5, 0.6) is 0 Å². The maximum absolute atomic E-state index is 6.64. The lowest BCUT2D eigenvalue weighted by molar-refractivity contribution is -0.247. The average molecular weight is 465 g/mol. The van der Waals surface area contributed by atoms with E-state index in [1.807, 2.05) is 0 Å². The summed E-state index contributed by atoms with van der Waals surface area (Å²) in [5, 5.41) is 0.288. The van der Waals surface area contributed by atoms with Crippen molar-refractivity contribution in [3.05, 3.63) is 11.6 Å². The summed E-state index contributed by atoms with van der Waals surface area (Å²) in [5.74, 6) is 0.871. The number of hydrogen-bond acceptors (Lipinski definition) is 3. The number of fused-ring (bicyclic) bond motifs is 3. The summed E-state index contributed by atoms with van der Waals surface area (Å²) in [4.78, 5) is 0. The van der Waals surface area contributed by atoms with Crippen LogP contribution in [0.25, 0.3) is 0 Å². The lowest BCUT2D eigenvalue weighted by Crippen LogP contribution is -2.54. The van der Waals surface area contributed by atoms with Gasteiger partial charge in [0, 0.05) is 6.61 Å². The van der Waals surface area contributed by atoms with Crippen LogP contribution in [-0.2, 0) is 13.9 Å². The maximum Gasteiger partial charge on any atom is 0.192 e. The number of allylic oxidation sites excluding steroid dienone is 2. The molecule has 32 heavy (non-hydrogen) atoms. The normalized spacial score (nSPS) is 35.7. The summed E-state index contributed by atoms with van der Waals surface area (Å²) in [6.07, 6.45) is 11.2. The average Bonchev–Trinajstić information content (AvgIpc) is 2.80. The molecule has 1 heterocycles. The third kappa shape index (κ3) is 4.81. The Bertz CT molecular complexity index is 695. The molecule has 1 aliphatic heterocycles. The molecule has 4 atom stereocenters. The molecule has 0 spiro atoms. The van der Waals surface area contributed by atoms with Crippen LogP contribution >= 0.6 is 0 Å². The Hall–Kier alpha value is -0.163. The van der Waals surface area contributed by atoms with E-state index in [2.05, 4.69) is 74.6 Å². The van der Waals surface area contributed by atoms with Crippen LogP contribution < -0.4 is 0 Å². The molecule has 0 aromatic rings. The van der Waals surface area contributed by atoms with Gasteiger partial charge in [-0.25, -0.2) is 0 Å². The van der Waals surface area contributed by atoms with Gasteiger partial charge in [-0.1, -0.05) is 53.2 Å². The third-order valence-corrected chi connectivity index (χ3v) is 15.0. The molecule has 2 aliphatic carbocycles. The Balaban J connectivity index is 1.66. The van der Waals surface area contributed by atoms with Crippen molar-refractivity contribution in [2.75, 3.05) is 13.2 Å². The van der Waals surface area contributed by atoms with Crippen LogP contribution in [0.3, 0.4) is 0 Å². The van der Waals surface area contributed by atoms with E-state index in [0.717, 1.165) is 32.5 Å². The minimum atomic E-state index is -1.74. The van der Waals surface area contributed by atoms with Gasteiger partial charge in [-0.2, -0.15) is 0 Å². The molecule has 4 heteroatoms. The molecule has 186 valence electrons. The van der Waals surface area contributed by atoms with E-state index in [1.54, 1.807) is 5.57 Å². The van der Waals surface area contributed by atoms with Crippen molar-refractivity contribution in [2.24, 2.45) is 22.7 Å². The smallest absolute Gasteiger partial charge is 0.192 e. The standard InChI is InChI=1S/C28H52O3Si/c1-21(2)25(3,4)32(9,10)30-19-12-14-22-13-11-15-23-27(22,7)17-16-24-28(23,8)18-20-29-26(5,6)31-24/h13,21,23-24H,11-12,14-20H2,1-10H3/t23-,24+,27-,28+/m0/s1. The largest absolute Gasteiger partial charge is 0.417 e. The Labute approximate surface area is 200 Å². The highest BCUT2D eigenvalue weighted by atomic mass is 28.4. The van der Waals surface area contributed by atoms with Crippen molar-refractivity contribution >= 4 is 8.32 Å². The van der Waals surface area contributed by atoms with Gasteiger partial charge in [0.1, 0.15) is 0 Å². The maximum atomic E-state index is 6.64. The molecule has 1 saturated heterocycles. The van der Waals surface area contributed by atoms with Gasteiger partial charge in [-0.15, -0.1) is 0 Å². The fourth-order valence-electron chi connectivity index (χ4n) is 6.86. The van der Waals surface area contributed by atoms with Gasteiger partial charge in [0.2, 0.25) is 0 Å². The first-order valence-corrected chi connectivity index (χ1v) is 16.2. The fourth-order valence-corrected chi connectivity index (χ4v) is 9.28. The first kappa shape index (κ1) is 26.4. The monoisotopic (exact) mass is 464 g/mol. The van der Waals surface area contributed by atoms with E-state index in [0.29, 0.717) is 23.4 Å². The highest BCUT2D eigenvalue weighted by Gasteiger charge is 2.57. The Kier molecular flexibility index (Phi) is 7.54. The van der Waals surface area contributed by atoms with Gasteiger partial charge in [0.05, 0.1) is 12.7 Å². The van der Waals surface area contributed by atoms with Crippen molar-refractivity contribution in [3.8, 4) is 0 Å². The fraction of sp³-hybridized carbons (Fsp3) is 0.929. The Morgan fingerprint density at radius 3 is 2.47 bits per heavy atom. The summed E-state index contributed by atoms with van der Waals surface area (Å²) in [6.45, 7) is 25.2. The van der Waals surface area contributed by atoms with Gasteiger partial charge < -0.3 is 13.9 Å². The van der Waals surface area contributed by atoms with Crippen molar-refractivity contribution in [3.63, 3.8) is 0 Å². The molecule has 0 amide bonds. The number of hydrogen-bond donors (Lipinski definition) is 0. The zero-order valence-electron chi connectivity index (χ0n) is 22.9. The van der Waals surface area contributed by atoms with Crippen molar-refractivity contribution in [1.82, 2.24) is 0 Å². The molecule has 0 radical (unpaired) electrons. The van der Waals surface area contributed by atoms with Gasteiger partial charge in [0.25, 0.3) is 0 Å².